The van der Waals surface area contributed by atoms with Crippen LogP contribution in [0.4, 0.5) is 34.1 Å². The zero-order valence-electron chi connectivity index (χ0n) is 72.4. The highest BCUT2D eigenvalue weighted by atomic mass is 16.3. The van der Waals surface area contributed by atoms with Gasteiger partial charge in [0.1, 0.15) is 11.2 Å². The molecule has 0 spiro atoms. The summed E-state index contributed by atoms with van der Waals surface area (Å²) in [6, 6.07) is 142. The maximum absolute atomic E-state index is 6.87. The van der Waals surface area contributed by atoms with Gasteiger partial charge in [-0.2, -0.15) is 0 Å². The second-order valence-corrected chi connectivity index (χ2v) is 38.7. The Morgan fingerprint density at radius 2 is 0.661 bits per heavy atom. The highest BCUT2D eigenvalue weighted by Crippen LogP contribution is 2.58. The summed E-state index contributed by atoms with van der Waals surface area (Å²) < 4.78 is 14.5. The molecule has 602 valence electrons. The van der Waals surface area contributed by atoms with E-state index in [2.05, 4.69) is 456 Å². The van der Waals surface area contributed by atoms with Crippen LogP contribution in [0.1, 0.15) is 79.0 Å². The van der Waals surface area contributed by atoms with E-state index in [1.807, 2.05) is 0 Å². The molecule has 0 fully saturated rings. The molecule has 7 heteroatoms. The van der Waals surface area contributed by atoms with Crippen molar-refractivity contribution < 1.29 is 4.42 Å². The lowest BCUT2D eigenvalue weighted by Gasteiger charge is -2.46. The largest absolute Gasteiger partial charge is 0.456 e. The van der Waals surface area contributed by atoms with Crippen LogP contribution in [0.25, 0.3) is 192 Å². The zero-order chi connectivity index (χ0) is 84.9. The fourth-order valence-corrected chi connectivity index (χ4v) is 22.2. The molecule has 0 aliphatic carbocycles. The van der Waals surface area contributed by atoms with E-state index in [0.29, 0.717) is 0 Å². The van der Waals surface area contributed by atoms with Crippen molar-refractivity contribution in [1.82, 2.24) is 13.4 Å². The van der Waals surface area contributed by atoms with E-state index in [9.17, 15) is 0 Å². The molecule has 0 atom stereocenters. The van der Waals surface area contributed by atoms with Gasteiger partial charge < -0.3 is 27.6 Å². The van der Waals surface area contributed by atoms with E-state index >= 15 is 0 Å². The van der Waals surface area contributed by atoms with Crippen LogP contribution in [0.3, 0.4) is 0 Å². The van der Waals surface area contributed by atoms with Crippen molar-refractivity contribution in [2.75, 3.05) is 9.80 Å². The van der Waals surface area contributed by atoms with Gasteiger partial charge in [-0.15, -0.1) is 0 Å². The van der Waals surface area contributed by atoms with Gasteiger partial charge in [-0.1, -0.05) is 305 Å². The first-order valence-corrected chi connectivity index (χ1v) is 44.8. The van der Waals surface area contributed by atoms with Crippen LogP contribution in [0.15, 0.2) is 374 Å². The molecule has 0 saturated heterocycles. The number of hydrogen-bond acceptors (Lipinski definition) is 3. The van der Waals surface area contributed by atoms with Crippen molar-refractivity contribution in [2.45, 2.75) is 78.6 Å². The van der Waals surface area contributed by atoms with E-state index < -0.39 is 5.41 Å². The van der Waals surface area contributed by atoms with Gasteiger partial charge in [-0.05, 0) is 221 Å². The smallest absolute Gasteiger partial charge is 0.252 e. The normalized spacial score (nSPS) is 13.2. The molecule has 2 aliphatic rings. The highest BCUT2D eigenvalue weighted by molar-refractivity contribution is 7.00. The van der Waals surface area contributed by atoms with Crippen LogP contribution in [0, 0.1) is 0 Å². The SMILES string of the molecule is CC(C)(C)c1cc(-c2ccccc2)c(N2c3cc(-n4c5ccc(-c6ccccc6)cc5c5cc(C(C)(C)C)ccc54)ccc3B3c4cc(-c5cccc6oc7ccccc7c56)ccc4N(c4c(-c5cc6c7ccccc7n7c8ccccc8c(c5)c67)cccc4-c4cc5c6ccccc6n6c7ccccc7c(c4)c56)c4cc(C(C)(C)C)cc2c43)c(-c2ccccc2)c1. The first-order chi connectivity index (χ1) is 61.9. The Morgan fingerprint density at radius 1 is 0.236 bits per heavy atom. The average molecular weight is 1630 g/mol. The van der Waals surface area contributed by atoms with Crippen LogP contribution >= 0.6 is 0 Å². The van der Waals surface area contributed by atoms with Gasteiger partial charge in [0.15, 0.2) is 0 Å². The lowest BCUT2D eigenvalue weighted by atomic mass is 9.33. The van der Waals surface area contributed by atoms with Gasteiger partial charge in [0.2, 0.25) is 0 Å². The molecule has 24 aromatic rings. The Hall–Kier alpha value is -15.2. The third-order valence-electron chi connectivity index (χ3n) is 28.3. The molecule has 0 bridgehead atoms. The predicted molar refractivity (Wildman–Crippen MR) is 540 cm³/mol. The fraction of sp³-hybridized carbons (Fsp3) is 0.100. The van der Waals surface area contributed by atoms with Gasteiger partial charge in [0.25, 0.3) is 6.71 Å². The topological polar surface area (TPSA) is 33.4 Å². The van der Waals surface area contributed by atoms with E-state index in [4.69, 9.17) is 4.42 Å². The zero-order valence-corrected chi connectivity index (χ0v) is 72.4. The molecule has 2 aliphatic heterocycles. The Labute approximate surface area is 737 Å². The molecule has 0 unspecified atom stereocenters. The summed E-state index contributed by atoms with van der Waals surface area (Å²) in [5.41, 5.74) is 39.4. The molecule has 0 N–H and O–H groups in total. The van der Waals surface area contributed by atoms with E-state index in [1.165, 1.54) is 131 Å². The quantitative estimate of drug-likeness (QED) is 0.135. The Balaban J connectivity index is 0.837. The number of furan rings is 1. The number of fused-ring (bicyclic) bond motifs is 22. The molecule has 26 rings (SSSR count). The number of benzene rings is 18. The summed E-state index contributed by atoms with van der Waals surface area (Å²) in [4.78, 5) is 5.54. The summed E-state index contributed by atoms with van der Waals surface area (Å²) in [6.45, 7) is 21.0. The Bertz CT molecular complexity index is 8350. The van der Waals surface area contributed by atoms with Crippen molar-refractivity contribution in [3.8, 4) is 72.4 Å². The van der Waals surface area contributed by atoms with Crippen LogP contribution in [0.2, 0.25) is 0 Å². The van der Waals surface area contributed by atoms with E-state index in [-0.39, 0.29) is 17.5 Å². The predicted octanol–water partition coefficient (Wildman–Crippen LogP) is 31.0. The molecular weight excluding hydrogens is 1540 g/mol. The van der Waals surface area contributed by atoms with E-state index in [0.717, 1.165) is 128 Å². The minimum Gasteiger partial charge on any atom is -0.456 e. The minimum absolute atomic E-state index is 0.103. The molecule has 18 aromatic carbocycles. The van der Waals surface area contributed by atoms with E-state index in [1.54, 1.807) is 0 Å². The van der Waals surface area contributed by atoms with Crippen LogP contribution in [-0.2, 0) is 16.2 Å². The van der Waals surface area contributed by atoms with Crippen LogP contribution in [0.5, 0.6) is 0 Å². The Kier molecular flexibility index (Phi) is 15.4. The third-order valence-corrected chi connectivity index (χ3v) is 28.3. The van der Waals surface area contributed by atoms with Crippen LogP contribution < -0.4 is 26.2 Å². The second kappa shape index (κ2) is 26.7. The number of para-hydroxylation sites is 6. The van der Waals surface area contributed by atoms with Crippen LogP contribution in [-0.4, -0.2) is 20.1 Å². The summed E-state index contributed by atoms with van der Waals surface area (Å²) in [5, 5.41) is 14.5. The minimum atomic E-state index is -0.402. The van der Waals surface area contributed by atoms with Gasteiger partial charge in [0, 0.05) is 115 Å². The number of rotatable bonds is 9. The molecule has 8 heterocycles. The van der Waals surface area contributed by atoms with Crippen molar-refractivity contribution in [2.24, 2.45) is 0 Å². The van der Waals surface area contributed by atoms with Gasteiger partial charge in [-0.3, -0.25) is 0 Å². The molecule has 0 saturated carbocycles. The first-order valence-electron chi connectivity index (χ1n) is 44.8. The molecular formula is C120H88BN5O. The molecule has 0 radical (unpaired) electrons. The summed E-state index contributed by atoms with van der Waals surface area (Å²) >= 11 is 0. The Morgan fingerprint density at radius 3 is 1.20 bits per heavy atom. The molecule has 127 heavy (non-hydrogen) atoms. The van der Waals surface area contributed by atoms with Gasteiger partial charge in [0.05, 0.1) is 55.5 Å². The summed E-state index contributed by atoms with van der Waals surface area (Å²) in [7, 11) is 0. The number of nitrogens with zero attached hydrogens (tertiary/aromatic N) is 5. The lowest BCUT2D eigenvalue weighted by Crippen LogP contribution is -2.61. The summed E-state index contributed by atoms with van der Waals surface area (Å²) in [5.74, 6) is 0. The number of anilines is 6. The molecule has 6 nitrogen and oxygen atoms in total. The van der Waals surface area contributed by atoms with Crippen molar-refractivity contribution in [1.29, 1.82) is 0 Å². The second-order valence-electron chi connectivity index (χ2n) is 38.7. The third kappa shape index (κ3) is 10.7. The van der Waals surface area contributed by atoms with Crippen molar-refractivity contribution in [3.63, 3.8) is 0 Å². The average Bonchev–Trinajstić information content (AvgIpc) is 1.14. The number of hydrogen-bond donors (Lipinski definition) is 0. The maximum atomic E-state index is 6.87. The van der Waals surface area contributed by atoms with Gasteiger partial charge >= 0.3 is 0 Å². The lowest BCUT2D eigenvalue weighted by molar-refractivity contribution is 0.590. The number of aromatic nitrogens is 3. The van der Waals surface area contributed by atoms with Gasteiger partial charge in [-0.25, -0.2) is 0 Å². The fourth-order valence-electron chi connectivity index (χ4n) is 22.2. The molecule has 6 aromatic heterocycles. The molecule has 0 amide bonds. The first kappa shape index (κ1) is 73.4. The standard InChI is InChI=1S/C120H88BN5O/c1-118(2,3)78-53-58-105-93(65-78)92-59-74(71-31-13-10-14-32-71)51-56-104(92)122(105)81-54-55-98-107(70-81)126(115-90(72-33-15-11-16-34-72)66-79(119(4,5)6)67-91(115)73-35-17-12-18-36-73)109-69-80(120(7,8)9)68-108-113(109)121(98)99-64-75(82-42-30-50-111-112(82)89-41-23-28-49-110(89)127-111)52-57-106(99)125(108)114-83(76-60-94-85-37-19-24-45-100(85)123-101-46-25-20-38-86(101)95(61-76)116(94)123)43-29-44-84(114)77-62-96-87-39-21-26-47-102(87)124-103-48-27-22-40-88(103)97(63-77)117(96)124/h10-70H,1-9H3. The summed E-state index contributed by atoms with van der Waals surface area (Å²) in [6.07, 6.45) is 0. The maximum Gasteiger partial charge on any atom is 0.252 e. The van der Waals surface area contributed by atoms with Crippen molar-refractivity contribution >= 4 is 177 Å². The van der Waals surface area contributed by atoms with Crippen molar-refractivity contribution in [3.05, 3.63) is 387 Å². The monoisotopic (exact) mass is 1630 g/mol. The highest BCUT2D eigenvalue weighted by Gasteiger charge is 2.47.